The van der Waals surface area contributed by atoms with Gasteiger partial charge in [-0.1, -0.05) is 12.5 Å². The first-order chi connectivity index (χ1) is 12.1. The summed E-state index contributed by atoms with van der Waals surface area (Å²) in [5, 5.41) is 11.6. The van der Waals surface area contributed by atoms with Gasteiger partial charge in [-0.05, 0) is 38.3 Å². The average molecular weight is 338 g/mol. The molecule has 2 aliphatic rings. The number of likely N-dealkylation sites (tertiary alicyclic amines) is 1. The van der Waals surface area contributed by atoms with Gasteiger partial charge >= 0.3 is 0 Å². The molecule has 1 saturated heterocycles. The van der Waals surface area contributed by atoms with Crippen molar-refractivity contribution < 1.29 is 5.11 Å². The largest absolute Gasteiger partial charge is 0.383 e. The standard InChI is InChI=1S/C20H26N4O/c1-14-6-7-19(23-8-14)20(25)17-4-3-5-18(20)13-24(12-17)11-16-9-21-15(2)22-10-16/h6-10,17-18,25H,3-5,11-13H2,1-2H3/t17-,18-/m1/s1. The van der Waals surface area contributed by atoms with Crippen LogP contribution in [0.3, 0.4) is 0 Å². The molecule has 0 radical (unpaired) electrons. The number of piperidine rings is 1. The first-order valence-electron chi connectivity index (χ1n) is 9.21. The summed E-state index contributed by atoms with van der Waals surface area (Å²) in [5.74, 6) is 1.28. The van der Waals surface area contributed by atoms with E-state index in [1.807, 2.05) is 38.5 Å². The van der Waals surface area contributed by atoms with Gasteiger partial charge in [0.25, 0.3) is 0 Å². The van der Waals surface area contributed by atoms with E-state index in [-0.39, 0.29) is 11.8 Å². The molecule has 2 aromatic rings. The highest BCUT2D eigenvalue weighted by molar-refractivity contribution is 5.22. The fourth-order valence-electron chi connectivity index (χ4n) is 4.55. The zero-order valence-corrected chi connectivity index (χ0v) is 15.0. The number of aliphatic hydroxyl groups is 1. The summed E-state index contributed by atoms with van der Waals surface area (Å²) in [6.07, 6.45) is 9.03. The summed E-state index contributed by atoms with van der Waals surface area (Å²) in [4.78, 5) is 15.6. The van der Waals surface area contributed by atoms with Crippen LogP contribution in [-0.4, -0.2) is 38.0 Å². The van der Waals surface area contributed by atoms with Crippen molar-refractivity contribution in [3.8, 4) is 0 Å². The van der Waals surface area contributed by atoms with Crippen molar-refractivity contribution in [2.24, 2.45) is 11.8 Å². The van der Waals surface area contributed by atoms with E-state index in [0.29, 0.717) is 0 Å². The lowest BCUT2D eigenvalue weighted by molar-refractivity contribution is -0.151. The van der Waals surface area contributed by atoms with Gasteiger partial charge in [-0.2, -0.15) is 0 Å². The third-order valence-corrected chi connectivity index (χ3v) is 5.87. The van der Waals surface area contributed by atoms with Crippen molar-refractivity contribution in [1.82, 2.24) is 19.9 Å². The second-order valence-electron chi connectivity index (χ2n) is 7.70. The summed E-state index contributed by atoms with van der Waals surface area (Å²) in [5.41, 5.74) is 2.34. The van der Waals surface area contributed by atoms with Crippen molar-refractivity contribution in [1.29, 1.82) is 0 Å². The molecule has 2 fully saturated rings. The molecule has 0 spiro atoms. The van der Waals surface area contributed by atoms with Gasteiger partial charge in [0.2, 0.25) is 0 Å². The first kappa shape index (κ1) is 16.6. The van der Waals surface area contributed by atoms with Crippen molar-refractivity contribution in [2.45, 2.75) is 45.3 Å². The fourth-order valence-corrected chi connectivity index (χ4v) is 4.55. The number of aryl methyl sites for hydroxylation is 2. The number of nitrogens with zero attached hydrogens (tertiary/aromatic N) is 4. The first-order valence-corrected chi connectivity index (χ1v) is 9.21. The third-order valence-electron chi connectivity index (χ3n) is 5.87. The average Bonchev–Trinajstić information content (AvgIpc) is 2.58. The highest BCUT2D eigenvalue weighted by atomic mass is 16.3. The molecule has 2 atom stereocenters. The lowest BCUT2D eigenvalue weighted by Crippen LogP contribution is -2.58. The van der Waals surface area contributed by atoms with Crippen molar-refractivity contribution in [3.05, 3.63) is 53.4 Å². The van der Waals surface area contributed by atoms with Crippen LogP contribution >= 0.6 is 0 Å². The normalized spacial score (nSPS) is 29.6. The second-order valence-corrected chi connectivity index (χ2v) is 7.70. The molecule has 2 bridgehead atoms. The van der Waals surface area contributed by atoms with Crippen LogP contribution in [0.15, 0.2) is 30.7 Å². The van der Waals surface area contributed by atoms with E-state index in [0.717, 1.165) is 55.1 Å². The Morgan fingerprint density at radius 2 is 1.72 bits per heavy atom. The zero-order chi connectivity index (χ0) is 17.4. The molecule has 132 valence electrons. The summed E-state index contributed by atoms with van der Waals surface area (Å²) in [6.45, 7) is 6.59. The Morgan fingerprint density at radius 1 is 1.04 bits per heavy atom. The monoisotopic (exact) mass is 338 g/mol. The van der Waals surface area contributed by atoms with Gasteiger partial charge < -0.3 is 5.11 Å². The van der Waals surface area contributed by atoms with Crippen LogP contribution in [0.1, 0.15) is 41.9 Å². The Hall–Kier alpha value is -1.85. The summed E-state index contributed by atoms with van der Waals surface area (Å²) in [6, 6.07) is 4.08. The second kappa shape index (κ2) is 6.46. The SMILES string of the molecule is Cc1ccc(C2(O)[C@@H]3CCC[C@@H]2CN(Cc2cnc(C)nc2)C3)nc1. The molecule has 1 saturated carbocycles. The van der Waals surface area contributed by atoms with Gasteiger partial charge in [-0.3, -0.25) is 9.88 Å². The van der Waals surface area contributed by atoms with Gasteiger partial charge in [0.1, 0.15) is 11.4 Å². The molecule has 0 unspecified atom stereocenters. The molecule has 3 heterocycles. The fraction of sp³-hybridized carbons (Fsp3) is 0.550. The van der Waals surface area contributed by atoms with Crippen LogP contribution in [0.2, 0.25) is 0 Å². The van der Waals surface area contributed by atoms with E-state index in [1.165, 1.54) is 6.42 Å². The third kappa shape index (κ3) is 3.07. The number of pyridine rings is 1. The predicted molar refractivity (Wildman–Crippen MR) is 95.7 cm³/mol. The van der Waals surface area contributed by atoms with E-state index in [1.54, 1.807) is 0 Å². The van der Waals surface area contributed by atoms with Crippen LogP contribution in [-0.2, 0) is 12.1 Å². The summed E-state index contributed by atoms with van der Waals surface area (Å²) < 4.78 is 0. The Bertz CT molecular complexity index is 714. The molecule has 4 rings (SSSR count). The molecule has 5 heteroatoms. The summed E-state index contributed by atoms with van der Waals surface area (Å²) >= 11 is 0. The van der Waals surface area contributed by atoms with Crippen molar-refractivity contribution in [3.63, 3.8) is 0 Å². The maximum atomic E-state index is 11.6. The predicted octanol–water partition coefficient (Wildman–Crippen LogP) is 2.61. The van der Waals surface area contributed by atoms with Gasteiger partial charge in [0.05, 0.1) is 5.69 Å². The van der Waals surface area contributed by atoms with E-state index >= 15 is 0 Å². The smallest absolute Gasteiger partial charge is 0.125 e. The maximum absolute atomic E-state index is 11.6. The van der Waals surface area contributed by atoms with E-state index in [4.69, 9.17) is 0 Å². The van der Waals surface area contributed by atoms with Gasteiger partial charge in [0, 0.05) is 55.6 Å². The van der Waals surface area contributed by atoms with Crippen LogP contribution in [0.5, 0.6) is 0 Å². The Balaban J connectivity index is 1.56. The molecule has 1 N–H and O–H groups in total. The topological polar surface area (TPSA) is 62.1 Å². The van der Waals surface area contributed by atoms with Crippen LogP contribution in [0, 0.1) is 25.7 Å². The van der Waals surface area contributed by atoms with E-state index in [9.17, 15) is 5.11 Å². The summed E-state index contributed by atoms with van der Waals surface area (Å²) in [7, 11) is 0. The maximum Gasteiger partial charge on any atom is 0.125 e. The van der Waals surface area contributed by atoms with Crippen molar-refractivity contribution in [2.75, 3.05) is 13.1 Å². The number of rotatable bonds is 3. The molecule has 5 nitrogen and oxygen atoms in total. The molecular formula is C20H26N4O. The Kier molecular flexibility index (Phi) is 4.29. The Labute approximate surface area is 149 Å². The van der Waals surface area contributed by atoms with E-state index < -0.39 is 5.60 Å². The molecule has 1 aliphatic carbocycles. The molecule has 1 aliphatic heterocycles. The number of aromatic nitrogens is 3. The highest BCUT2D eigenvalue weighted by Crippen LogP contribution is 2.48. The van der Waals surface area contributed by atoms with Crippen LogP contribution in [0.25, 0.3) is 0 Å². The molecule has 2 aromatic heterocycles. The van der Waals surface area contributed by atoms with Crippen LogP contribution in [0.4, 0.5) is 0 Å². The van der Waals surface area contributed by atoms with Crippen molar-refractivity contribution >= 4 is 0 Å². The lowest BCUT2D eigenvalue weighted by Gasteiger charge is -2.52. The van der Waals surface area contributed by atoms with E-state index in [2.05, 4.69) is 25.9 Å². The molecule has 25 heavy (non-hydrogen) atoms. The quantitative estimate of drug-likeness (QED) is 0.932. The molecule has 0 aromatic carbocycles. The minimum absolute atomic E-state index is 0.238. The minimum atomic E-state index is -0.785. The van der Waals surface area contributed by atoms with Gasteiger partial charge in [-0.25, -0.2) is 9.97 Å². The van der Waals surface area contributed by atoms with Gasteiger partial charge in [0.15, 0.2) is 0 Å². The highest BCUT2D eigenvalue weighted by Gasteiger charge is 2.52. The Morgan fingerprint density at radius 3 is 2.32 bits per heavy atom. The molecule has 0 amide bonds. The molecular weight excluding hydrogens is 312 g/mol. The van der Waals surface area contributed by atoms with Gasteiger partial charge in [-0.15, -0.1) is 0 Å². The van der Waals surface area contributed by atoms with Crippen LogP contribution < -0.4 is 0 Å². The zero-order valence-electron chi connectivity index (χ0n) is 15.0. The lowest BCUT2D eigenvalue weighted by atomic mass is 9.64. The number of fused-ring (bicyclic) bond motifs is 2. The number of hydrogen-bond acceptors (Lipinski definition) is 5. The number of hydrogen-bond donors (Lipinski definition) is 1. The minimum Gasteiger partial charge on any atom is -0.383 e.